The summed E-state index contributed by atoms with van der Waals surface area (Å²) in [7, 11) is 1.84. The van der Waals surface area contributed by atoms with Crippen molar-refractivity contribution in [2.75, 3.05) is 0 Å². The standard InChI is InChI=1S/C13H10N4O3/c1-17-6-10(14-7-17)12-15-11(16-20-12)8-3-2-4-9(5-8)13(18)19/h2-7H,1H3,(H,18,19). The number of carbonyl (C=O) groups is 1. The number of imidazole rings is 1. The van der Waals surface area contributed by atoms with E-state index >= 15 is 0 Å². The highest BCUT2D eigenvalue weighted by Crippen LogP contribution is 2.21. The van der Waals surface area contributed by atoms with Crippen molar-refractivity contribution in [2.24, 2.45) is 7.05 Å². The quantitative estimate of drug-likeness (QED) is 0.780. The number of hydrogen-bond donors (Lipinski definition) is 1. The molecule has 0 aliphatic heterocycles. The maximum absolute atomic E-state index is 10.9. The topological polar surface area (TPSA) is 94.0 Å². The number of hydrogen-bond acceptors (Lipinski definition) is 5. The van der Waals surface area contributed by atoms with Gasteiger partial charge in [0.15, 0.2) is 0 Å². The van der Waals surface area contributed by atoms with Gasteiger partial charge in [-0.3, -0.25) is 0 Å². The van der Waals surface area contributed by atoms with E-state index in [1.165, 1.54) is 12.1 Å². The lowest BCUT2D eigenvalue weighted by Crippen LogP contribution is -1.96. The van der Waals surface area contributed by atoms with Crippen LogP contribution in [0.5, 0.6) is 0 Å². The Hall–Kier alpha value is -2.96. The first kappa shape index (κ1) is 12.1. The van der Waals surface area contributed by atoms with E-state index in [9.17, 15) is 4.79 Å². The Balaban J connectivity index is 1.98. The third-order valence-electron chi connectivity index (χ3n) is 2.72. The van der Waals surface area contributed by atoms with Gasteiger partial charge in [-0.05, 0) is 12.1 Å². The lowest BCUT2D eigenvalue weighted by molar-refractivity contribution is 0.0697. The van der Waals surface area contributed by atoms with E-state index in [0.29, 0.717) is 23.0 Å². The largest absolute Gasteiger partial charge is 0.478 e. The first-order valence-electron chi connectivity index (χ1n) is 5.79. The molecule has 0 saturated carbocycles. The molecule has 0 amide bonds. The first-order chi connectivity index (χ1) is 9.63. The van der Waals surface area contributed by atoms with Gasteiger partial charge in [-0.15, -0.1) is 0 Å². The Morgan fingerprint density at radius 2 is 2.25 bits per heavy atom. The van der Waals surface area contributed by atoms with E-state index in [-0.39, 0.29) is 5.56 Å². The van der Waals surface area contributed by atoms with Crippen LogP contribution in [-0.2, 0) is 7.05 Å². The Morgan fingerprint density at radius 3 is 2.95 bits per heavy atom. The van der Waals surface area contributed by atoms with Crippen LogP contribution in [0.25, 0.3) is 23.0 Å². The summed E-state index contributed by atoms with van der Waals surface area (Å²) in [6, 6.07) is 6.36. The fourth-order valence-corrected chi connectivity index (χ4v) is 1.76. The molecule has 1 N–H and O–H groups in total. The number of rotatable bonds is 3. The minimum Gasteiger partial charge on any atom is -0.478 e. The smallest absolute Gasteiger partial charge is 0.335 e. The summed E-state index contributed by atoms with van der Waals surface area (Å²) >= 11 is 0. The van der Waals surface area contributed by atoms with E-state index in [4.69, 9.17) is 9.63 Å². The zero-order valence-corrected chi connectivity index (χ0v) is 10.5. The number of nitrogens with zero attached hydrogens (tertiary/aromatic N) is 4. The summed E-state index contributed by atoms with van der Waals surface area (Å²) in [5.74, 6) is -0.379. The van der Waals surface area contributed by atoms with Gasteiger partial charge in [-0.25, -0.2) is 9.78 Å². The molecule has 0 fully saturated rings. The van der Waals surface area contributed by atoms with Crippen LogP contribution in [0.1, 0.15) is 10.4 Å². The molecule has 0 aliphatic carbocycles. The number of aromatic nitrogens is 4. The number of aryl methyl sites for hydroxylation is 1. The minimum absolute atomic E-state index is 0.173. The van der Waals surface area contributed by atoms with Crippen molar-refractivity contribution >= 4 is 5.97 Å². The second kappa shape index (κ2) is 4.61. The molecular formula is C13H10N4O3. The molecule has 100 valence electrons. The molecule has 3 aromatic rings. The van der Waals surface area contributed by atoms with Crippen LogP contribution in [-0.4, -0.2) is 30.8 Å². The fraction of sp³-hybridized carbons (Fsp3) is 0.0769. The van der Waals surface area contributed by atoms with Crippen LogP contribution in [0.4, 0.5) is 0 Å². The van der Waals surface area contributed by atoms with Crippen molar-refractivity contribution in [3.8, 4) is 23.0 Å². The van der Waals surface area contributed by atoms with E-state index < -0.39 is 5.97 Å². The van der Waals surface area contributed by atoms with Gasteiger partial charge in [0.25, 0.3) is 5.89 Å². The summed E-state index contributed by atoms with van der Waals surface area (Å²) in [4.78, 5) is 19.3. The molecule has 0 radical (unpaired) electrons. The van der Waals surface area contributed by atoms with Gasteiger partial charge < -0.3 is 14.2 Å². The average Bonchev–Trinajstić information content (AvgIpc) is 3.07. The van der Waals surface area contributed by atoms with E-state index in [1.807, 2.05) is 7.05 Å². The van der Waals surface area contributed by atoms with Crippen molar-refractivity contribution in [1.82, 2.24) is 19.7 Å². The zero-order chi connectivity index (χ0) is 14.1. The molecule has 2 heterocycles. The lowest BCUT2D eigenvalue weighted by atomic mass is 10.1. The Labute approximate surface area is 113 Å². The SMILES string of the molecule is Cn1cnc(-c2nc(-c3cccc(C(=O)O)c3)no2)c1. The second-order valence-corrected chi connectivity index (χ2v) is 4.23. The summed E-state index contributed by atoms with van der Waals surface area (Å²) < 4.78 is 6.90. The maximum Gasteiger partial charge on any atom is 0.335 e. The predicted molar refractivity (Wildman–Crippen MR) is 68.9 cm³/mol. The third-order valence-corrected chi connectivity index (χ3v) is 2.72. The zero-order valence-electron chi connectivity index (χ0n) is 10.5. The molecule has 1 aromatic carbocycles. The number of aromatic carboxylic acids is 1. The van der Waals surface area contributed by atoms with Crippen LogP contribution in [0.15, 0.2) is 41.3 Å². The number of carboxylic acid groups (broad SMARTS) is 1. The van der Waals surface area contributed by atoms with Crippen LogP contribution in [0.2, 0.25) is 0 Å². The highest BCUT2D eigenvalue weighted by atomic mass is 16.5. The summed E-state index contributed by atoms with van der Waals surface area (Å²) in [5, 5.41) is 12.8. The Bertz CT molecular complexity index is 775. The average molecular weight is 270 g/mol. The van der Waals surface area contributed by atoms with Crippen molar-refractivity contribution in [3.05, 3.63) is 42.4 Å². The maximum atomic E-state index is 10.9. The molecule has 3 rings (SSSR count). The van der Waals surface area contributed by atoms with Crippen LogP contribution < -0.4 is 0 Å². The molecule has 2 aromatic heterocycles. The number of benzene rings is 1. The second-order valence-electron chi connectivity index (χ2n) is 4.23. The van der Waals surface area contributed by atoms with E-state index in [2.05, 4.69) is 15.1 Å². The molecular weight excluding hydrogens is 260 g/mol. The highest BCUT2D eigenvalue weighted by molar-refractivity contribution is 5.89. The van der Waals surface area contributed by atoms with Gasteiger partial charge in [-0.2, -0.15) is 4.98 Å². The molecule has 7 heteroatoms. The summed E-state index contributed by atoms with van der Waals surface area (Å²) in [6.45, 7) is 0. The monoisotopic (exact) mass is 270 g/mol. The molecule has 7 nitrogen and oxygen atoms in total. The Kier molecular flexibility index (Phi) is 2.79. The first-order valence-corrected chi connectivity index (χ1v) is 5.79. The minimum atomic E-state index is -1.000. The normalized spacial score (nSPS) is 10.7. The predicted octanol–water partition coefficient (Wildman–Crippen LogP) is 1.84. The van der Waals surface area contributed by atoms with Gasteiger partial charge in [0.2, 0.25) is 5.82 Å². The van der Waals surface area contributed by atoms with Gasteiger partial charge >= 0.3 is 5.97 Å². The van der Waals surface area contributed by atoms with E-state index in [0.717, 1.165) is 0 Å². The molecule has 20 heavy (non-hydrogen) atoms. The van der Waals surface area contributed by atoms with Gasteiger partial charge in [-0.1, -0.05) is 17.3 Å². The van der Waals surface area contributed by atoms with Crippen molar-refractivity contribution in [1.29, 1.82) is 0 Å². The van der Waals surface area contributed by atoms with Crippen molar-refractivity contribution in [3.63, 3.8) is 0 Å². The van der Waals surface area contributed by atoms with Gasteiger partial charge in [0, 0.05) is 18.8 Å². The van der Waals surface area contributed by atoms with Crippen LogP contribution >= 0.6 is 0 Å². The summed E-state index contributed by atoms with van der Waals surface area (Å²) in [6.07, 6.45) is 3.38. The molecule has 0 atom stereocenters. The van der Waals surface area contributed by atoms with Crippen molar-refractivity contribution < 1.29 is 14.4 Å². The lowest BCUT2D eigenvalue weighted by Gasteiger charge is -1.96. The van der Waals surface area contributed by atoms with Crippen LogP contribution in [0.3, 0.4) is 0 Å². The molecule has 0 bridgehead atoms. The molecule has 0 aliphatic rings. The highest BCUT2D eigenvalue weighted by Gasteiger charge is 2.13. The Morgan fingerprint density at radius 1 is 1.40 bits per heavy atom. The van der Waals surface area contributed by atoms with Crippen LogP contribution in [0, 0.1) is 0 Å². The fourth-order valence-electron chi connectivity index (χ4n) is 1.76. The van der Waals surface area contributed by atoms with Gasteiger partial charge in [0.05, 0.1) is 11.9 Å². The van der Waals surface area contributed by atoms with E-state index in [1.54, 1.807) is 29.2 Å². The molecule has 0 saturated heterocycles. The molecule has 0 spiro atoms. The van der Waals surface area contributed by atoms with Gasteiger partial charge in [0.1, 0.15) is 5.69 Å². The number of carboxylic acids is 1. The van der Waals surface area contributed by atoms with Crippen molar-refractivity contribution in [2.45, 2.75) is 0 Å². The molecule has 0 unspecified atom stereocenters. The summed E-state index contributed by atoms with van der Waals surface area (Å²) in [5.41, 5.74) is 1.32. The third kappa shape index (κ3) is 2.16.